The number of rotatable bonds is 9. The number of hydrogen-bond acceptors (Lipinski definition) is 4. The smallest absolute Gasteiger partial charge is 0.255 e. The van der Waals surface area contributed by atoms with Gasteiger partial charge in [-0.25, -0.2) is 13.8 Å². The molecule has 0 aliphatic carbocycles. The van der Waals surface area contributed by atoms with Gasteiger partial charge in [-0.3, -0.25) is 4.79 Å². The highest BCUT2D eigenvalue weighted by atomic mass is 35.5. The lowest BCUT2D eigenvalue weighted by Gasteiger charge is -2.21. The Balaban J connectivity index is 1.52. The van der Waals surface area contributed by atoms with Gasteiger partial charge in [0.1, 0.15) is 0 Å². The Labute approximate surface area is 232 Å². The highest BCUT2D eigenvalue weighted by Gasteiger charge is 2.26. The SMILES string of the molecule is Cc1cc(/C=N/NC(=O)CN(Cc2ccccc2)S(=O)(=O)c2ccccc2)c(C)n1-c1cccc(Cl)c1Cl. The molecule has 7 nitrogen and oxygen atoms in total. The maximum atomic E-state index is 13.3. The molecule has 0 unspecified atom stereocenters. The zero-order valence-electron chi connectivity index (χ0n) is 20.8. The van der Waals surface area contributed by atoms with Gasteiger partial charge in [0.05, 0.1) is 33.4 Å². The van der Waals surface area contributed by atoms with E-state index in [0.717, 1.165) is 32.5 Å². The molecule has 0 aliphatic heterocycles. The number of carbonyl (C=O) groups excluding carboxylic acids is 1. The number of sulfonamides is 1. The largest absolute Gasteiger partial charge is 0.316 e. The summed E-state index contributed by atoms with van der Waals surface area (Å²) in [5, 5.41) is 4.97. The predicted octanol–water partition coefficient (Wildman–Crippen LogP) is 5.74. The van der Waals surface area contributed by atoms with E-state index in [-0.39, 0.29) is 11.4 Å². The van der Waals surface area contributed by atoms with E-state index in [1.165, 1.54) is 18.3 Å². The van der Waals surface area contributed by atoms with Gasteiger partial charge in [-0.05, 0) is 49.7 Å². The van der Waals surface area contributed by atoms with Gasteiger partial charge in [-0.15, -0.1) is 0 Å². The van der Waals surface area contributed by atoms with Crippen molar-refractivity contribution in [2.24, 2.45) is 5.10 Å². The van der Waals surface area contributed by atoms with Crippen molar-refractivity contribution in [2.45, 2.75) is 25.3 Å². The second-order valence-electron chi connectivity index (χ2n) is 8.60. The van der Waals surface area contributed by atoms with Crippen LogP contribution in [0.2, 0.25) is 10.0 Å². The summed E-state index contributed by atoms with van der Waals surface area (Å²) in [6, 6.07) is 24.5. The minimum absolute atomic E-state index is 0.0384. The summed E-state index contributed by atoms with van der Waals surface area (Å²) in [7, 11) is -3.92. The Hall–Kier alpha value is -3.43. The second-order valence-corrected chi connectivity index (χ2v) is 11.3. The number of nitrogens with zero attached hydrogens (tertiary/aromatic N) is 3. The minimum atomic E-state index is -3.92. The quantitative estimate of drug-likeness (QED) is 0.206. The first-order valence-electron chi connectivity index (χ1n) is 11.7. The molecule has 0 saturated carbocycles. The molecular weight excluding hydrogens is 543 g/mol. The van der Waals surface area contributed by atoms with Crippen molar-refractivity contribution in [2.75, 3.05) is 6.54 Å². The van der Waals surface area contributed by atoms with Crippen LogP contribution in [-0.4, -0.2) is 36.0 Å². The lowest BCUT2D eigenvalue weighted by atomic mass is 10.2. The molecule has 0 saturated heterocycles. The Morgan fingerprint density at radius 2 is 1.63 bits per heavy atom. The summed E-state index contributed by atoms with van der Waals surface area (Å²) in [5.74, 6) is -0.566. The number of hydrogen-bond donors (Lipinski definition) is 1. The average molecular weight is 570 g/mol. The molecule has 0 radical (unpaired) electrons. The predicted molar refractivity (Wildman–Crippen MR) is 151 cm³/mol. The number of amides is 1. The number of halogens is 2. The van der Waals surface area contributed by atoms with Crippen molar-refractivity contribution in [1.82, 2.24) is 14.3 Å². The molecule has 0 fully saturated rings. The highest BCUT2D eigenvalue weighted by molar-refractivity contribution is 7.89. The topological polar surface area (TPSA) is 83.8 Å². The average Bonchev–Trinajstić information content (AvgIpc) is 3.19. The summed E-state index contributed by atoms with van der Waals surface area (Å²) in [4.78, 5) is 12.9. The maximum Gasteiger partial charge on any atom is 0.255 e. The first-order chi connectivity index (χ1) is 18.2. The third-order valence-electron chi connectivity index (χ3n) is 5.94. The molecule has 4 rings (SSSR count). The van der Waals surface area contributed by atoms with E-state index in [1.807, 2.05) is 66.9 Å². The van der Waals surface area contributed by atoms with Crippen molar-refractivity contribution in [1.29, 1.82) is 0 Å². The molecule has 1 N–H and O–H groups in total. The van der Waals surface area contributed by atoms with E-state index >= 15 is 0 Å². The number of aryl methyl sites for hydroxylation is 1. The van der Waals surface area contributed by atoms with Crippen LogP contribution in [0.15, 0.2) is 94.9 Å². The third-order valence-corrected chi connectivity index (χ3v) is 8.55. The summed E-state index contributed by atoms with van der Waals surface area (Å²) < 4.78 is 29.7. The fourth-order valence-corrected chi connectivity index (χ4v) is 5.86. The Bertz CT molecular complexity index is 1570. The second kappa shape index (κ2) is 12.0. The fourth-order valence-electron chi connectivity index (χ4n) is 4.08. The molecule has 196 valence electrons. The van der Waals surface area contributed by atoms with Crippen LogP contribution >= 0.6 is 23.2 Å². The van der Waals surface area contributed by atoms with Crippen LogP contribution < -0.4 is 5.43 Å². The van der Waals surface area contributed by atoms with E-state index in [0.29, 0.717) is 10.0 Å². The molecule has 1 heterocycles. The fraction of sp³-hybridized carbons (Fsp3) is 0.143. The minimum Gasteiger partial charge on any atom is -0.316 e. The summed E-state index contributed by atoms with van der Waals surface area (Å²) in [6.45, 7) is 3.47. The van der Waals surface area contributed by atoms with E-state index in [2.05, 4.69) is 10.5 Å². The molecule has 3 aromatic carbocycles. The van der Waals surface area contributed by atoms with Crippen LogP contribution in [0, 0.1) is 13.8 Å². The number of benzene rings is 3. The van der Waals surface area contributed by atoms with E-state index in [1.54, 1.807) is 24.3 Å². The van der Waals surface area contributed by atoms with Gasteiger partial charge in [-0.1, -0.05) is 77.8 Å². The summed E-state index contributed by atoms with van der Waals surface area (Å²) in [5.41, 5.74) is 6.47. The Kier molecular flexibility index (Phi) is 8.69. The first kappa shape index (κ1) is 27.6. The Morgan fingerprint density at radius 3 is 2.32 bits per heavy atom. The van der Waals surface area contributed by atoms with Crippen LogP contribution in [0.4, 0.5) is 0 Å². The summed E-state index contributed by atoms with van der Waals surface area (Å²) in [6.07, 6.45) is 1.52. The molecule has 1 amide bonds. The normalized spacial score (nSPS) is 11.8. The van der Waals surface area contributed by atoms with Crippen molar-refractivity contribution >= 4 is 45.3 Å². The molecule has 0 bridgehead atoms. The van der Waals surface area contributed by atoms with E-state index in [4.69, 9.17) is 23.2 Å². The van der Waals surface area contributed by atoms with Gasteiger partial charge < -0.3 is 4.57 Å². The number of aromatic nitrogens is 1. The van der Waals surface area contributed by atoms with Gasteiger partial charge in [0.15, 0.2) is 0 Å². The van der Waals surface area contributed by atoms with Crippen LogP contribution in [0.3, 0.4) is 0 Å². The molecule has 1 aromatic heterocycles. The van der Waals surface area contributed by atoms with Crippen LogP contribution in [-0.2, 0) is 21.4 Å². The van der Waals surface area contributed by atoms with E-state index in [9.17, 15) is 13.2 Å². The van der Waals surface area contributed by atoms with Gasteiger partial charge in [0.25, 0.3) is 5.91 Å². The number of nitrogens with one attached hydrogen (secondary N) is 1. The van der Waals surface area contributed by atoms with Gasteiger partial charge >= 0.3 is 0 Å². The molecule has 0 spiro atoms. The van der Waals surface area contributed by atoms with Crippen molar-refractivity contribution < 1.29 is 13.2 Å². The third kappa shape index (κ3) is 6.16. The van der Waals surface area contributed by atoms with Crippen molar-refractivity contribution in [3.63, 3.8) is 0 Å². The van der Waals surface area contributed by atoms with Crippen LogP contribution in [0.1, 0.15) is 22.5 Å². The number of carbonyl (C=O) groups is 1. The number of hydrazone groups is 1. The maximum absolute atomic E-state index is 13.3. The Morgan fingerprint density at radius 1 is 0.974 bits per heavy atom. The molecule has 10 heteroatoms. The lowest BCUT2D eigenvalue weighted by molar-refractivity contribution is -0.121. The lowest BCUT2D eigenvalue weighted by Crippen LogP contribution is -2.39. The molecular formula is C28H26Cl2N4O3S. The van der Waals surface area contributed by atoms with Gasteiger partial charge in [-0.2, -0.15) is 9.41 Å². The highest BCUT2D eigenvalue weighted by Crippen LogP contribution is 2.31. The zero-order valence-corrected chi connectivity index (χ0v) is 23.1. The standard InChI is InChI=1S/C28H26Cl2N4O3S/c1-20-16-23(21(2)34(20)26-15-9-14-25(29)28(26)30)17-31-32-27(35)19-33(18-22-10-5-3-6-11-22)38(36,37)24-12-7-4-8-13-24/h3-17H,18-19H2,1-2H3,(H,32,35)/b31-17+. The zero-order chi connectivity index (χ0) is 27.3. The van der Waals surface area contributed by atoms with E-state index < -0.39 is 22.5 Å². The summed E-state index contributed by atoms with van der Waals surface area (Å²) >= 11 is 12.6. The molecule has 0 atom stereocenters. The first-order valence-corrected chi connectivity index (χ1v) is 13.9. The van der Waals surface area contributed by atoms with Gasteiger partial charge in [0.2, 0.25) is 10.0 Å². The van der Waals surface area contributed by atoms with Gasteiger partial charge in [0, 0.05) is 23.5 Å². The molecule has 0 aliphatic rings. The van der Waals surface area contributed by atoms with Crippen molar-refractivity contribution in [3.8, 4) is 5.69 Å². The van der Waals surface area contributed by atoms with Crippen LogP contribution in [0.5, 0.6) is 0 Å². The molecule has 38 heavy (non-hydrogen) atoms. The van der Waals surface area contributed by atoms with Crippen molar-refractivity contribution in [3.05, 3.63) is 117 Å². The van der Waals surface area contributed by atoms with Crippen LogP contribution in [0.25, 0.3) is 5.69 Å². The molecule has 4 aromatic rings. The monoisotopic (exact) mass is 568 g/mol.